The number of nitrogens with two attached hydrogens (primary N) is 1. The molecule has 1 heterocycles. The molecule has 0 aliphatic heterocycles. The van der Waals surface area contributed by atoms with E-state index in [0.29, 0.717) is 0 Å². The van der Waals surface area contributed by atoms with E-state index in [1.54, 1.807) is 0 Å². The fourth-order valence-corrected chi connectivity index (χ4v) is 1.96. The van der Waals surface area contributed by atoms with Crippen molar-refractivity contribution in [1.82, 2.24) is 0 Å². The van der Waals surface area contributed by atoms with Crippen molar-refractivity contribution in [2.24, 2.45) is 0 Å². The van der Waals surface area contributed by atoms with Crippen LogP contribution in [0.15, 0.2) is 42.5 Å². The minimum atomic E-state index is 0.772. The minimum absolute atomic E-state index is 0.772. The number of rotatable bonds is 0. The summed E-state index contributed by atoms with van der Waals surface area (Å²) in [4.78, 5) is 3.37. The van der Waals surface area contributed by atoms with Crippen molar-refractivity contribution in [3.63, 3.8) is 0 Å². The average Bonchev–Trinajstić information content (AvgIpc) is 2.26. The lowest BCUT2D eigenvalue weighted by atomic mass is 10.1. The van der Waals surface area contributed by atoms with Crippen molar-refractivity contribution in [3.8, 4) is 0 Å². The number of benzene rings is 2. The number of pyridine rings is 1. The Morgan fingerprint density at radius 1 is 0.875 bits per heavy atom. The highest BCUT2D eigenvalue weighted by Gasteiger charge is 2.07. The Morgan fingerprint density at radius 2 is 1.56 bits per heavy atom. The molecule has 0 atom stereocenters. The molecule has 0 bridgehead atoms. The molecule has 0 aliphatic carbocycles. The maximum Gasteiger partial charge on any atom is 0.217 e. The Kier molecular flexibility index (Phi) is 1.81. The first-order chi connectivity index (χ1) is 7.72. The molecule has 3 heteroatoms. The fraction of sp³-hybridized carbons (Fsp3) is 0. The lowest BCUT2D eigenvalue weighted by Gasteiger charge is -1.97. The first-order valence-electron chi connectivity index (χ1n) is 5.20. The second-order valence-corrected chi connectivity index (χ2v) is 4.04. The van der Waals surface area contributed by atoms with E-state index in [1.807, 2.05) is 30.3 Å². The quantitative estimate of drug-likeness (QED) is 0.426. The summed E-state index contributed by atoms with van der Waals surface area (Å²) in [6.45, 7) is 0. The normalized spacial score (nSPS) is 11.1. The number of hydrogen-bond acceptors (Lipinski definition) is 1. The van der Waals surface area contributed by atoms with Gasteiger partial charge in [0.05, 0.1) is 6.07 Å². The molecule has 0 aliphatic rings. The second kappa shape index (κ2) is 3.18. The smallest absolute Gasteiger partial charge is 0.217 e. The van der Waals surface area contributed by atoms with E-state index in [4.69, 9.17) is 5.73 Å². The summed E-state index contributed by atoms with van der Waals surface area (Å²) in [5.74, 6) is 0. The third kappa shape index (κ3) is 1.38. The first-order valence-corrected chi connectivity index (χ1v) is 5.20. The van der Waals surface area contributed by atoms with Crippen molar-refractivity contribution in [2.75, 3.05) is 5.73 Å². The Labute approximate surface area is 92.7 Å². The van der Waals surface area contributed by atoms with Crippen LogP contribution in [0.2, 0.25) is 0 Å². The number of anilines is 1. The molecule has 0 fully saturated rings. The molecule has 3 nitrogen and oxygen atoms in total. The lowest BCUT2D eigenvalue weighted by molar-refractivity contribution is -0.311. The maximum atomic E-state index is 5.77. The largest absolute Gasteiger partial charge is 0.399 e. The van der Waals surface area contributed by atoms with Gasteiger partial charge in [-0.2, -0.15) is 0 Å². The first kappa shape index (κ1) is 9.12. The summed E-state index contributed by atoms with van der Waals surface area (Å²) < 4.78 is 0. The van der Waals surface area contributed by atoms with Crippen LogP contribution in [0.3, 0.4) is 0 Å². The molecule has 0 saturated carbocycles. The van der Waals surface area contributed by atoms with Gasteiger partial charge in [0, 0.05) is 22.5 Å². The van der Waals surface area contributed by atoms with E-state index in [1.165, 1.54) is 10.8 Å². The monoisotopic (exact) mass is 211 g/mol. The van der Waals surface area contributed by atoms with E-state index in [-0.39, 0.29) is 0 Å². The van der Waals surface area contributed by atoms with Crippen LogP contribution >= 0.6 is 0 Å². The molecular weight excluding hydrogens is 198 g/mol. The van der Waals surface area contributed by atoms with Crippen LogP contribution in [0.4, 0.5) is 11.4 Å². The van der Waals surface area contributed by atoms with Crippen LogP contribution < -0.4 is 16.5 Å². The van der Waals surface area contributed by atoms with E-state index < -0.39 is 0 Å². The predicted molar refractivity (Wildman–Crippen MR) is 65.0 cm³/mol. The van der Waals surface area contributed by atoms with Gasteiger partial charge >= 0.3 is 0 Å². The van der Waals surface area contributed by atoms with Gasteiger partial charge in [0.2, 0.25) is 11.0 Å². The van der Waals surface area contributed by atoms with Crippen molar-refractivity contribution < 1.29 is 10.7 Å². The molecule has 0 amide bonds. The van der Waals surface area contributed by atoms with Gasteiger partial charge in [-0.1, -0.05) is 0 Å². The number of nitrogen functional groups attached to an aromatic ring is 1. The predicted octanol–water partition coefficient (Wildman–Crippen LogP) is 1.26. The molecule has 2 aromatic carbocycles. The summed E-state index contributed by atoms with van der Waals surface area (Å²) >= 11 is 0. The van der Waals surface area contributed by atoms with Crippen molar-refractivity contribution in [3.05, 3.63) is 42.5 Å². The van der Waals surface area contributed by atoms with Gasteiger partial charge in [-0.05, 0) is 30.3 Å². The molecule has 78 valence electrons. The Balaban J connectivity index is 2.44. The summed E-state index contributed by atoms with van der Waals surface area (Å²) in [6.07, 6.45) is 0. The highest BCUT2D eigenvalue weighted by molar-refractivity contribution is 5.90. The highest BCUT2D eigenvalue weighted by Crippen LogP contribution is 2.19. The zero-order valence-corrected chi connectivity index (χ0v) is 8.83. The van der Waals surface area contributed by atoms with Gasteiger partial charge in [-0.25, -0.2) is 4.98 Å². The average molecular weight is 211 g/mol. The molecular formula is C13H13N3+2. The molecule has 1 aromatic heterocycles. The number of quaternary nitrogens is 1. The van der Waals surface area contributed by atoms with Gasteiger partial charge in [0.25, 0.3) is 0 Å². The molecule has 0 unspecified atom stereocenters. The lowest BCUT2D eigenvalue weighted by Crippen LogP contribution is -2.40. The summed E-state index contributed by atoms with van der Waals surface area (Å²) in [6, 6.07) is 14.2. The summed E-state index contributed by atoms with van der Waals surface area (Å²) in [7, 11) is 0. The third-order valence-electron chi connectivity index (χ3n) is 2.78. The van der Waals surface area contributed by atoms with E-state index >= 15 is 0 Å². The zero-order valence-electron chi connectivity index (χ0n) is 8.83. The SMILES string of the molecule is Nc1ccc2cc3ccc([NH3+])cc3[nH+]c2c1. The van der Waals surface area contributed by atoms with Gasteiger partial charge < -0.3 is 11.5 Å². The van der Waals surface area contributed by atoms with Gasteiger partial charge in [-0.15, -0.1) is 0 Å². The maximum absolute atomic E-state index is 5.77. The molecule has 0 saturated heterocycles. The van der Waals surface area contributed by atoms with Crippen LogP contribution in [-0.4, -0.2) is 0 Å². The van der Waals surface area contributed by atoms with Crippen molar-refractivity contribution >= 4 is 33.2 Å². The van der Waals surface area contributed by atoms with Crippen LogP contribution in [-0.2, 0) is 0 Å². The number of H-pyrrole nitrogens is 1. The second-order valence-electron chi connectivity index (χ2n) is 4.04. The molecule has 0 radical (unpaired) electrons. The highest BCUT2D eigenvalue weighted by atomic mass is 14.7. The zero-order chi connectivity index (χ0) is 11.1. The van der Waals surface area contributed by atoms with E-state index in [9.17, 15) is 0 Å². The molecule has 0 spiro atoms. The summed E-state index contributed by atoms with van der Waals surface area (Å²) in [5.41, 5.74) is 13.6. The Hall–Kier alpha value is -2.13. The van der Waals surface area contributed by atoms with E-state index in [2.05, 4.69) is 22.9 Å². The Morgan fingerprint density at radius 3 is 2.38 bits per heavy atom. The van der Waals surface area contributed by atoms with Crippen LogP contribution in [0.25, 0.3) is 21.8 Å². The minimum Gasteiger partial charge on any atom is -0.399 e. The van der Waals surface area contributed by atoms with Crippen molar-refractivity contribution in [1.29, 1.82) is 0 Å². The van der Waals surface area contributed by atoms with Gasteiger partial charge in [-0.3, -0.25) is 0 Å². The number of nitrogens with one attached hydrogen (secondary N) is 1. The molecule has 6 N–H and O–H groups in total. The van der Waals surface area contributed by atoms with Gasteiger partial charge in [0.1, 0.15) is 5.69 Å². The van der Waals surface area contributed by atoms with E-state index in [0.717, 1.165) is 22.4 Å². The standard InChI is InChI=1S/C13H11N3/c14-10-3-1-8-5-9-2-4-11(15)7-13(9)16-12(8)6-10/h1-7H,14-15H2/p+2. The molecule has 3 aromatic rings. The molecule has 3 rings (SSSR count). The van der Waals surface area contributed by atoms with Crippen LogP contribution in [0.5, 0.6) is 0 Å². The fourth-order valence-electron chi connectivity index (χ4n) is 1.96. The molecule has 16 heavy (non-hydrogen) atoms. The number of aromatic nitrogens is 1. The Bertz CT molecular complexity index is 632. The van der Waals surface area contributed by atoms with Crippen molar-refractivity contribution in [2.45, 2.75) is 0 Å². The number of hydrogen-bond donors (Lipinski definition) is 2. The summed E-state index contributed by atoms with van der Waals surface area (Å²) in [5, 5.41) is 2.35. The topological polar surface area (TPSA) is 67.8 Å². The van der Waals surface area contributed by atoms with Gasteiger partial charge in [0.15, 0.2) is 0 Å². The van der Waals surface area contributed by atoms with Crippen LogP contribution in [0, 0.1) is 0 Å². The number of fused-ring (bicyclic) bond motifs is 2. The number of aromatic amines is 1. The third-order valence-corrected chi connectivity index (χ3v) is 2.78. The van der Waals surface area contributed by atoms with Crippen LogP contribution in [0.1, 0.15) is 0 Å².